The molecule has 29 heavy (non-hydrogen) atoms. The zero-order valence-electron chi connectivity index (χ0n) is 15.4. The first-order valence-corrected chi connectivity index (χ1v) is 9.03. The van der Waals surface area contributed by atoms with Gasteiger partial charge in [0.2, 0.25) is 5.43 Å². The summed E-state index contributed by atoms with van der Waals surface area (Å²) >= 11 is 0. The summed E-state index contributed by atoms with van der Waals surface area (Å²) in [6.07, 6.45) is 0. The molecular formula is C22H18N6O. The summed E-state index contributed by atoms with van der Waals surface area (Å²) in [5.41, 5.74) is 11.7. The molecule has 0 fully saturated rings. The van der Waals surface area contributed by atoms with E-state index in [1.807, 2.05) is 91.0 Å². The largest absolute Gasteiger partial charge is 0.301 e. The summed E-state index contributed by atoms with van der Waals surface area (Å²) < 4.78 is 0. The zero-order chi connectivity index (χ0) is 19.9. The van der Waals surface area contributed by atoms with E-state index in [1.165, 1.54) is 0 Å². The molecule has 4 aromatic rings. The fourth-order valence-corrected chi connectivity index (χ4v) is 2.60. The molecule has 0 aliphatic carbocycles. The molecule has 7 nitrogen and oxygen atoms in total. The van der Waals surface area contributed by atoms with Crippen molar-refractivity contribution in [1.82, 2.24) is 0 Å². The third kappa shape index (κ3) is 4.36. The number of nitrogens with one attached hydrogen (secondary N) is 3. The van der Waals surface area contributed by atoms with Crippen LogP contribution in [0.3, 0.4) is 0 Å². The first kappa shape index (κ1) is 18.1. The van der Waals surface area contributed by atoms with Crippen molar-refractivity contribution in [2.75, 3.05) is 16.3 Å². The number of para-hydroxylation sites is 2. The van der Waals surface area contributed by atoms with Gasteiger partial charge in [0.05, 0.1) is 17.1 Å². The standard InChI is InChI=1S/C22H18N6O/c29-22-20(27-24-17-12-6-2-7-13-17)19(26-23-16-10-4-1-5-11-16)21(22)28-25-18-14-8-3-9-15-18/h1-15,23-24,26H. The van der Waals surface area contributed by atoms with Crippen LogP contribution >= 0.6 is 0 Å². The Morgan fingerprint density at radius 1 is 0.621 bits per heavy atom. The molecule has 4 rings (SSSR count). The van der Waals surface area contributed by atoms with Crippen molar-refractivity contribution >= 4 is 28.4 Å². The highest BCUT2D eigenvalue weighted by atomic mass is 16.1. The average Bonchev–Trinajstić information content (AvgIpc) is 2.78. The topological polar surface area (TPSA) is 90.2 Å². The third-order valence-electron chi connectivity index (χ3n) is 4.10. The van der Waals surface area contributed by atoms with Crippen LogP contribution < -0.4 is 27.1 Å². The lowest BCUT2D eigenvalue weighted by Gasteiger charge is -2.14. The van der Waals surface area contributed by atoms with E-state index >= 15 is 0 Å². The molecule has 7 heteroatoms. The van der Waals surface area contributed by atoms with Gasteiger partial charge >= 0.3 is 0 Å². The molecule has 0 spiro atoms. The predicted octanol–water partition coefficient (Wildman–Crippen LogP) is 4.70. The Labute approximate surface area is 167 Å². The van der Waals surface area contributed by atoms with E-state index in [9.17, 15) is 4.79 Å². The Balaban J connectivity index is 1.61. The van der Waals surface area contributed by atoms with Gasteiger partial charge in [-0.1, -0.05) is 54.6 Å². The van der Waals surface area contributed by atoms with E-state index in [4.69, 9.17) is 0 Å². The van der Waals surface area contributed by atoms with Crippen molar-refractivity contribution < 1.29 is 0 Å². The highest BCUT2D eigenvalue weighted by Gasteiger charge is 2.19. The Hall–Kier alpha value is -4.26. The van der Waals surface area contributed by atoms with Gasteiger partial charge in [0.15, 0.2) is 11.0 Å². The molecular weight excluding hydrogens is 364 g/mol. The maximum atomic E-state index is 12.6. The smallest absolute Gasteiger partial charge is 0.237 e. The monoisotopic (exact) mass is 382 g/mol. The van der Waals surface area contributed by atoms with Gasteiger partial charge in [-0.2, -0.15) is 10.2 Å². The van der Waals surface area contributed by atoms with Crippen molar-refractivity contribution in [3.05, 3.63) is 107 Å². The summed E-state index contributed by atoms with van der Waals surface area (Å²) in [4.78, 5) is 12.6. The van der Waals surface area contributed by atoms with Gasteiger partial charge < -0.3 is 5.43 Å². The molecule has 0 radical (unpaired) electrons. The summed E-state index contributed by atoms with van der Waals surface area (Å²) in [7, 11) is 0. The van der Waals surface area contributed by atoms with Crippen LogP contribution in [0.2, 0.25) is 0 Å². The van der Waals surface area contributed by atoms with Gasteiger partial charge in [-0.15, -0.1) is 5.11 Å². The molecule has 0 aromatic heterocycles. The molecule has 0 saturated heterocycles. The average molecular weight is 382 g/mol. The summed E-state index contributed by atoms with van der Waals surface area (Å²) in [5.74, 6) is 0. The molecule has 0 amide bonds. The number of benzene rings is 3. The van der Waals surface area contributed by atoms with E-state index in [0.29, 0.717) is 11.4 Å². The van der Waals surface area contributed by atoms with Crippen LogP contribution in [0, 0.1) is 0 Å². The lowest BCUT2D eigenvalue weighted by Crippen LogP contribution is -2.37. The van der Waals surface area contributed by atoms with Crippen LogP contribution in [0.1, 0.15) is 0 Å². The fraction of sp³-hybridized carbons (Fsp3) is 0. The van der Waals surface area contributed by atoms with Crippen molar-refractivity contribution in [2.45, 2.75) is 0 Å². The molecule has 0 atom stereocenters. The van der Waals surface area contributed by atoms with Crippen LogP contribution in [0.15, 0.2) is 111 Å². The number of nitrogens with zero attached hydrogens (tertiary/aromatic N) is 3. The lowest BCUT2D eigenvalue weighted by atomic mass is 10.2. The number of rotatable bonds is 7. The fourth-order valence-electron chi connectivity index (χ4n) is 2.60. The van der Waals surface area contributed by atoms with Gasteiger partial charge in [-0.05, 0) is 36.4 Å². The molecule has 0 aliphatic heterocycles. The third-order valence-corrected chi connectivity index (χ3v) is 4.10. The van der Waals surface area contributed by atoms with E-state index in [-0.39, 0.29) is 16.5 Å². The van der Waals surface area contributed by atoms with Gasteiger partial charge in [0, 0.05) is 0 Å². The lowest BCUT2D eigenvalue weighted by molar-refractivity contribution is 1.11. The number of hydrazine groups is 1. The predicted molar refractivity (Wildman–Crippen MR) is 115 cm³/mol. The van der Waals surface area contributed by atoms with Crippen molar-refractivity contribution in [2.24, 2.45) is 15.3 Å². The second kappa shape index (κ2) is 8.62. The molecule has 3 N–H and O–H groups in total. The summed E-state index contributed by atoms with van der Waals surface area (Å²) in [5, 5.41) is 12.7. The summed E-state index contributed by atoms with van der Waals surface area (Å²) in [6.45, 7) is 0. The molecule has 142 valence electrons. The second-order valence-corrected chi connectivity index (χ2v) is 6.14. The van der Waals surface area contributed by atoms with Gasteiger partial charge in [0.1, 0.15) is 5.69 Å². The Bertz CT molecular complexity index is 1180. The maximum Gasteiger partial charge on any atom is 0.237 e. The number of hydrogen-bond acceptors (Lipinski definition) is 7. The Kier molecular flexibility index (Phi) is 5.39. The van der Waals surface area contributed by atoms with E-state index in [0.717, 1.165) is 11.4 Å². The Morgan fingerprint density at radius 2 is 1.21 bits per heavy atom. The number of hydrogen-bond donors (Lipinski definition) is 3. The minimum atomic E-state index is -0.287. The Morgan fingerprint density at radius 3 is 1.86 bits per heavy atom. The van der Waals surface area contributed by atoms with Crippen molar-refractivity contribution in [3.8, 4) is 0 Å². The second-order valence-electron chi connectivity index (χ2n) is 6.14. The van der Waals surface area contributed by atoms with Crippen LogP contribution in [-0.2, 0) is 0 Å². The number of azo groups is 1. The van der Waals surface area contributed by atoms with Crippen molar-refractivity contribution in [3.63, 3.8) is 0 Å². The highest BCUT2D eigenvalue weighted by molar-refractivity contribution is 5.72. The highest BCUT2D eigenvalue weighted by Crippen LogP contribution is 2.22. The van der Waals surface area contributed by atoms with Crippen LogP contribution in [0.5, 0.6) is 0 Å². The molecule has 0 bridgehead atoms. The van der Waals surface area contributed by atoms with E-state index in [1.54, 1.807) is 0 Å². The first-order valence-electron chi connectivity index (χ1n) is 9.03. The van der Waals surface area contributed by atoms with Gasteiger partial charge in [-0.25, -0.2) is 0 Å². The molecule has 0 unspecified atom stereocenters. The first-order chi connectivity index (χ1) is 14.3. The SMILES string of the molecule is O=c1c(N=Nc2ccccc2)c(NNc2ccccc2)c1=NNc1ccccc1. The van der Waals surface area contributed by atoms with E-state index < -0.39 is 0 Å². The molecule has 0 heterocycles. The van der Waals surface area contributed by atoms with Gasteiger partial charge in [0.25, 0.3) is 0 Å². The van der Waals surface area contributed by atoms with E-state index in [2.05, 4.69) is 31.6 Å². The molecule has 0 saturated carbocycles. The van der Waals surface area contributed by atoms with Crippen LogP contribution in [0.4, 0.5) is 28.4 Å². The zero-order valence-corrected chi connectivity index (χ0v) is 15.4. The maximum absolute atomic E-state index is 12.6. The minimum absolute atomic E-state index is 0.214. The minimum Gasteiger partial charge on any atom is -0.301 e. The van der Waals surface area contributed by atoms with Crippen molar-refractivity contribution in [1.29, 1.82) is 0 Å². The quantitative estimate of drug-likeness (QED) is 0.319. The van der Waals surface area contributed by atoms with Crippen LogP contribution in [0.25, 0.3) is 0 Å². The molecule has 0 aliphatic rings. The molecule has 4 aromatic carbocycles. The van der Waals surface area contributed by atoms with Crippen LogP contribution in [-0.4, -0.2) is 0 Å². The summed E-state index contributed by atoms with van der Waals surface area (Å²) in [6, 6.07) is 28.2. The number of anilines is 3. The van der Waals surface area contributed by atoms with Gasteiger partial charge in [-0.3, -0.25) is 15.6 Å². The normalized spacial score (nSPS) is 11.7.